The summed E-state index contributed by atoms with van der Waals surface area (Å²) in [6.07, 6.45) is 3.40. The number of pyridine rings is 1. The predicted molar refractivity (Wildman–Crippen MR) is 88.4 cm³/mol. The molecule has 0 aliphatic heterocycles. The molecule has 6 nitrogen and oxygen atoms in total. The third-order valence-electron chi connectivity index (χ3n) is 3.31. The SMILES string of the molecule is CN(C)CCn1nccc1C(=O)Nc1csc2ncccc12. The number of fused-ring (bicyclic) bond motifs is 1. The van der Waals surface area contributed by atoms with Crippen molar-refractivity contribution in [1.82, 2.24) is 19.7 Å². The van der Waals surface area contributed by atoms with Gasteiger partial charge in [-0.15, -0.1) is 11.3 Å². The van der Waals surface area contributed by atoms with Crippen LogP contribution in [-0.2, 0) is 6.54 Å². The topological polar surface area (TPSA) is 63.1 Å². The quantitative estimate of drug-likeness (QED) is 0.785. The van der Waals surface area contributed by atoms with Crippen LogP contribution < -0.4 is 5.32 Å². The summed E-state index contributed by atoms with van der Waals surface area (Å²) < 4.78 is 1.72. The van der Waals surface area contributed by atoms with E-state index in [1.54, 1.807) is 23.1 Å². The predicted octanol–water partition coefficient (Wildman–Crippen LogP) is 2.31. The van der Waals surface area contributed by atoms with Gasteiger partial charge in [0.1, 0.15) is 10.5 Å². The normalized spacial score (nSPS) is 11.2. The monoisotopic (exact) mass is 315 g/mol. The highest BCUT2D eigenvalue weighted by Gasteiger charge is 2.14. The fraction of sp³-hybridized carbons (Fsp3) is 0.267. The third kappa shape index (κ3) is 3.00. The van der Waals surface area contributed by atoms with Crippen LogP contribution in [0.5, 0.6) is 0 Å². The number of thiophene rings is 1. The largest absolute Gasteiger partial charge is 0.319 e. The van der Waals surface area contributed by atoms with Crippen LogP contribution in [0.1, 0.15) is 10.5 Å². The molecule has 0 unspecified atom stereocenters. The summed E-state index contributed by atoms with van der Waals surface area (Å²) in [6.45, 7) is 1.50. The number of anilines is 1. The molecule has 3 aromatic heterocycles. The number of rotatable bonds is 5. The molecule has 0 fully saturated rings. The van der Waals surface area contributed by atoms with Gasteiger partial charge in [-0.25, -0.2) is 4.98 Å². The fourth-order valence-electron chi connectivity index (χ4n) is 2.15. The van der Waals surface area contributed by atoms with Crippen molar-refractivity contribution in [3.8, 4) is 0 Å². The minimum Gasteiger partial charge on any atom is -0.319 e. The van der Waals surface area contributed by atoms with E-state index in [-0.39, 0.29) is 5.91 Å². The first kappa shape index (κ1) is 14.7. The Balaban J connectivity index is 1.79. The molecule has 0 bridgehead atoms. The maximum absolute atomic E-state index is 12.5. The van der Waals surface area contributed by atoms with Crippen molar-refractivity contribution >= 4 is 33.1 Å². The summed E-state index contributed by atoms with van der Waals surface area (Å²) in [7, 11) is 3.99. The van der Waals surface area contributed by atoms with E-state index in [9.17, 15) is 4.79 Å². The van der Waals surface area contributed by atoms with Crippen molar-refractivity contribution in [2.24, 2.45) is 0 Å². The standard InChI is InChI=1S/C15H17N5OS/c1-19(2)8-9-20-13(5-7-17-20)14(21)18-12-10-22-15-11(12)4-3-6-16-15/h3-7,10H,8-9H2,1-2H3,(H,18,21). The van der Waals surface area contributed by atoms with E-state index in [2.05, 4.69) is 20.3 Å². The summed E-state index contributed by atoms with van der Waals surface area (Å²) in [6, 6.07) is 5.56. The van der Waals surface area contributed by atoms with Gasteiger partial charge >= 0.3 is 0 Å². The molecule has 1 amide bonds. The van der Waals surface area contributed by atoms with Gasteiger partial charge < -0.3 is 10.2 Å². The second kappa shape index (κ2) is 6.25. The zero-order valence-electron chi connectivity index (χ0n) is 12.5. The van der Waals surface area contributed by atoms with Crippen LogP contribution in [-0.4, -0.2) is 46.2 Å². The third-order valence-corrected chi connectivity index (χ3v) is 4.21. The molecule has 3 aromatic rings. The van der Waals surface area contributed by atoms with E-state index < -0.39 is 0 Å². The summed E-state index contributed by atoms with van der Waals surface area (Å²) in [4.78, 5) is 19.7. The minimum atomic E-state index is -0.153. The molecule has 114 valence electrons. The molecule has 0 aliphatic carbocycles. The Bertz CT molecular complexity index is 792. The molecule has 0 atom stereocenters. The second-order valence-electron chi connectivity index (χ2n) is 5.20. The number of aromatic nitrogens is 3. The van der Waals surface area contributed by atoms with Gasteiger partial charge in [0.05, 0.1) is 12.2 Å². The lowest BCUT2D eigenvalue weighted by atomic mass is 10.3. The van der Waals surface area contributed by atoms with Crippen molar-refractivity contribution < 1.29 is 4.79 Å². The fourth-order valence-corrected chi connectivity index (χ4v) is 2.99. The molecule has 0 spiro atoms. The van der Waals surface area contributed by atoms with Gasteiger partial charge in [0.2, 0.25) is 0 Å². The number of carbonyl (C=O) groups is 1. The lowest BCUT2D eigenvalue weighted by Crippen LogP contribution is -2.23. The molecular weight excluding hydrogens is 298 g/mol. The van der Waals surface area contributed by atoms with Crippen molar-refractivity contribution in [1.29, 1.82) is 0 Å². The molecule has 0 saturated carbocycles. The van der Waals surface area contributed by atoms with Gasteiger partial charge in [-0.05, 0) is 32.3 Å². The first-order chi connectivity index (χ1) is 10.6. The molecule has 3 heterocycles. The second-order valence-corrected chi connectivity index (χ2v) is 6.06. The van der Waals surface area contributed by atoms with Crippen LogP contribution in [0.3, 0.4) is 0 Å². The van der Waals surface area contributed by atoms with Gasteiger partial charge in [0.25, 0.3) is 5.91 Å². The molecule has 0 aromatic carbocycles. The van der Waals surface area contributed by atoms with Crippen molar-refractivity contribution in [2.45, 2.75) is 6.54 Å². The average molecular weight is 315 g/mol. The van der Waals surface area contributed by atoms with E-state index in [0.29, 0.717) is 12.2 Å². The van der Waals surface area contributed by atoms with E-state index in [1.807, 2.05) is 31.6 Å². The van der Waals surface area contributed by atoms with Crippen LogP contribution in [0.25, 0.3) is 10.2 Å². The summed E-state index contributed by atoms with van der Waals surface area (Å²) in [5, 5.41) is 10.0. The number of likely N-dealkylation sites (N-methyl/N-ethyl adjacent to an activating group) is 1. The first-order valence-corrected chi connectivity index (χ1v) is 7.83. The molecule has 7 heteroatoms. The van der Waals surface area contributed by atoms with Gasteiger partial charge in [0.15, 0.2) is 0 Å². The number of hydrogen-bond donors (Lipinski definition) is 1. The van der Waals surface area contributed by atoms with Crippen LogP contribution in [0.2, 0.25) is 0 Å². The molecule has 0 aliphatic rings. The smallest absolute Gasteiger partial charge is 0.273 e. The van der Waals surface area contributed by atoms with Crippen molar-refractivity contribution in [2.75, 3.05) is 26.0 Å². The highest BCUT2D eigenvalue weighted by molar-refractivity contribution is 7.17. The number of nitrogens with one attached hydrogen (secondary N) is 1. The van der Waals surface area contributed by atoms with E-state index >= 15 is 0 Å². The maximum Gasteiger partial charge on any atom is 0.273 e. The van der Waals surface area contributed by atoms with Crippen LogP contribution in [0, 0.1) is 0 Å². The molecular formula is C15H17N5OS. The Morgan fingerprint density at radius 2 is 2.23 bits per heavy atom. The number of hydrogen-bond acceptors (Lipinski definition) is 5. The maximum atomic E-state index is 12.5. The van der Waals surface area contributed by atoms with Gasteiger partial charge in [-0.1, -0.05) is 0 Å². The highest BCUT2D eigenvalue weighted by atomic mass is 32.1. The Labute approximate surface area is 132 Å². The van der Waals surface area contributed by atoms with Crippen LogP contribution in [0.15, 0.2) is 36.0 Å². The van der Waals surface area contributed by atoms with Gasteiger partial charge in [-0.2, -0.15) is 5.10 Å². The molecule has 0 radical (unpaired) electrons. The van der Waals surface area contributed by atoms with Crippen LogP contribution >= 0.6 is 11.3 Å². The van der Waals surface area contributed by atoms with E-state index in [4.69, 9.17) is 0 Å². The van der Waals surface area contributed by atoms with Crippen molar-refractivity contribution in [3.05, 3.63) is 41.7 Å². The zero-order chi connectivity index (χ0) is 15.5. The van der Waals surface area contributed by atoms with Crippen molar-refractivity contribution in [3.63, 3.8) is 0 Å². The molecule has 0 saturated heterocycles. The highest BCUT2D eigenvalue weighted by Crippen LogP contribution is 2.28. The summed E-state index contributed by atoms with van der Waals surface area (Å²) in [5.74, 6) is -0.153. The van der Waals surface area contributed by atoms with Crippen LogP contribution in [0.4, 0.5) is 5.69 Å². The number of nitrogens with zero attached hydrogens (tertiary/aromatic N) is 4. The lowest BCUT2D eigenvalue weighted by molar-refractivity contribution is 0.101. The zero-order valence-corrected chi connectivity index (χ0v) is 13.3. The molecule has 3 rings (SSSR count). The number of carbonyl (C=O) groups excluding carboxylic acids is 1. The Kier molecular flexibility index (Phi) is 4.17. The average Bonchev–Trinajstić information content (AvgIpc) is 3.12. The Morgan fingerprint density at radius 1 is 1.36 bits per heavy atom. The van der Waals surface area contributed by atoms with Gasteiger partial charge in [-0.3, -0.25) is 9.48 Å². The van der Waals surface area contributed by atoms with E-state index in [1.165, 1.54) is 11.3 Å². The molecule has 22 heavy (non-hydrogen) atoms. The lowest BCUT2D eigenvalue weighted by Gasteiger charge is -2.11. The molecule has 1 N–H and O–H groups in total. The summed E-state index contributed by atoms with van der Waals surface area (Å²) >= 11 is 1.52. The van der Waals surface area contributed by atoms with E-state index in [0.717, 1.165) is 22.4 Å². The Morgan fingerprint density at radius 3 is 3.05 bits per heavy atom. The summed E-state index contributed by atoms with van der Waals surface area (Å²) in [5.41, 5.74) is 1.35. The van der Waals surface area contributed by atoms with Gasteiger partial charge in [0, 0.05) is 29.7 Å². The minimum absolute atomic E-state index is 0.153. The number of amides is 1. The Hall–Kier alpha value is -2.25. The first-order valence-electron chi connectivity index (χ1n) is 6.95.